The van der Waals surface area contributed by atoms with E-state index in [1.807, 2.05) is 12.1 Å². The average Bonchev–Trinajstić information content (AvgIpc) is 2.69. The lowest BCUT2D eigenvalue weighted by Gasteiger charge is -2.24. The Labute approximate surface area is 159 Å². The Balaban J connectivity index is 1.98. The van der Waals surface area contributed by atoms with Gasteiger partial charge in [-0.05, 0) is 69.0 Å². The van der Waals surface area contributed by atoms with Gasteiger partial charge in [-0.3, -0.25) is 4.57 Å². The highest BCUT2D eigenvalue weighted by molar-refractivity contribution is 7.71. The van der Waals surface area contributed by atoms with Gasteiger partial charge in [-0.2, -0.15) is 0 Å². The van der Waals surface area contributed by atoms with Crippen molar-refractivity contribution in [2.75, 3.05) is 7.11 Å². The fourth-order valence-electron chi connectivity index (χ4n) is 3.61. The van der Waals surface area contributed by atoms with Crippen molar-refractivity contribution < 1.29 is 4.74 Å². The third-order valence-corrected chi connectivity index (χ3v) is 5.36. The zero-order valence-electron chi connectivity index (χ0n) is 15.2. The van der Waals surface area contributed by atoms with E-state index in [1.54, 1.807) is 7.11 Å². The normalized spacial score (nSPS) is 13.3. The van der Waals surface area contributed by atoms with E-state index in [0.717, 1.165) is 40.3 Å². The number of fused-ring (bicyclic) bond motifs is 1. The van der Waals surface area contributed by atoms with E-state index in [4.69, 9.17) is 21.9 Å². The van der Waals surface area contributed by atoms with Crippen LogP contribution in [0.5, 0.6) is 5.75 Å². The van der Waals surface area contributed by atoms with E-state index in [-0.39, 0.29) is 0 Å². The Bertz CT molecular complexity index is 988. The van der Waals surface area contributed by atoms with Gasteiger partial charge in [-0.1, -0.05) is 29.9 Å². The highest BCUT2D eigenvalue weighted by Crippen LogP contribution is 2.31. The molecule has 0 N–H and O–H groups in total. The van der Waals surface area contributed by atoms with Gasteiger partial charge in [-0.25, -0.2) is 4.98 Å². The maximum Gasteiger partial charge on any atom is 0.146 e. The fraction of sp³-hybridized carbons (Fsp3) is 0.273. The lowest BCUT2D eigenvalue weighted by atomic mass is 9.96. The molecule has 0 aliphatic heterocycles. The van der Waals surface area contributed by atoms with Crippen LogP contribution >= 0.6 is 12.2 Å². The summed E-state index contributed by atoms with van der Waals surface area (Å²) in [5.41, 5.74) is 5.99. The number of hydrogen-bond donors (Lipinski definition) is 0. The molecular weight excluding hydrogens is 340 g/mol. The second kappa shape index (κ2) is 7.04. The van der Waals surface area contributed by atoms with Gasteiger partial charge in [0.15, 0.2) is 0 Å². The second-order valence-corrected chi connectivity index (χ2v) is 7.16. The van der Waals surface area contributed by atoms with Crippen LogP contribution < -0.4 is 4.74 Å². The minimum absolute atomic E-state index is 0.744. The zero-order valence-corrected chi connectivity index (χ0v) is 16.0. The molecule has 1 aliphatic rings. The minimum Gasteiger partial charge on any atom is -0.497 e. The Morgan fingerprint density at radius 2 is 1.65 bits per heavy atom. The van der Waals surface area contributed by atoms with E-state index in [1.165, 1.54) is 29.7 Å². The van der Waals surface area contributed by atoms with Crippen molar-refractivity contribution >= 4 is 12.2 Å². The molecule has 0 atom stereocenters. The number of hydrogen-bond acceptors (Lipinski definition) is 3. The number of benzene rings is 2. The van der Waals surface area contributed by atoms with E-state index in [0.29, 0.717) is 0 Å². The van der Waals surface area contributed by atoms with E-state index in [9.17, 15) is 0 Å². The lowest BCUT2D eigenvalue weighted by molar-refractivity contribution is 0.415. The van der Waals surface area contributed by atoms with Gasteiger partial charge < -0.3 is 4.74 Å². The topological polar surface area (TPSA) is 27.1 Å². The zero-order chi connectivity index (χ0) is 18.1. The summed E-state index contributed by atoms with van der Waals surface area (Å²) in [4.78, 5) is 4.85. The molecule has 4 heteroatoms. The molecule has 4 rings (SSSR count). The SMILES string of the molecule is COc1ccc(-c2nc(=S)c3c(n2-c2ccc(C)cc2)CCCC3)cc1. The number of ether oxygens (including phenoxy) is 1. The van der Waals surface area contributed by atoms with Crippen LogP contribution in [0.1, 0.15) is 29.7 Å². The average molecular weight is 362 g/mol. The molecule has 0 amide bonds. The van der Waals surface area contributed by atoms with Gasteiger partial charge in [0.05, 0.1) is 7.11 Å². The molecule has 0 saturated heterocycles. The molecule has 1 heterocycles. The van der Waals surface area contributed by atoms with Gasteiger partial charge in [-0.15, -0.1) is 0 Å². The molecule has 3 aromatic rings. The maximum absolute atomic E-state index is 5.66. The summed E-state index contributed by atoms with van der Waals surface area (Å²) < 4.78 is 8.34. The number of methoxy groups -OCH3 is 1. The summed E-state index contributed by atoms with van der Waals surface area (Å²) in [6.45, 7) is 2.11. The summed E-state index contributed by atoms with van der Waals surface area (Å²) in [5.74, 6) is 1.74. The van der Waals surface area contributed by atoms with Crippen LogP contribution in [0.4, 0.5) is 0 Å². The number of rotatable bonds is 3. The van der Waals surface area contributed by atoms with Crippen LogP contribution in [0.15, 0.2) is 48.5 Å². The van der Waals surface area contributed by atoms with Crippen LogP contribution in [0.3, 0.4) is 0 Å². The molecule has 132 valence electrons. The largest absolute Gasteiger partial charge is 0.497 e. The molecule has 26 heavy (non-hydrogen) atoms. The third-order valence-electron chi connectivity index (χ3n) is 5.03. The summed E-state index contributed by atoms with van der Waals surface area (Å²) in [6, 6.07) is 16.7. The highest BCUT2D eigenvalue weighted by atomic mass is 32.1. The molecule has 0 saturated carbocycles. The van der Waals surface area contributed by atoms with E-state index in [2.05, 4.69) is 47.9 Å². The van der Waals surface area contributed by atoms with Crippen molar-refractivity contribution in [1.82, 2.24) is 9.55 Å². The van der Waals surface area contributed by atoms with Crippen LogP contribution in [-0.2, 0) is 12.8 Å². The molecule has 3 nitrogen and oxygen atoms in total. The minimum atomic E-state index is 0.744. The van der Waals surface area contributed by atoms with Crippen LogP contribution in [-0.4, -0.2) is 16.7 Å². The maximum atomic E-state index is 5.66. The van der Waals surface area contributed by atoms with Crippen LogP contribution in [0, 0.1) is 11.6 Å². The molecule has 0 spiro atoms. The smallest absolute Gasteiger partial charge is 0.146 e. The third kappa shape index (κ3) is 3.06. The molecule has 0 unspecified atom stereocenters. The van der Waals surface area contributed by atoms with Gasteiger partial charge in [0.2, 0.25) is 0 Å². The molecule has 1 aliphatic carbocycles. The molecule has 0 radical (unpaired) electrons. The van der Waals surface area contributed by atoms with E-state index < -0.39 is 0 Å². The van der Waals surface area contributed by atoms with E-state index >= 15 is 0 Å². The lowest BCUT2D eigenvalue weighted by Crippen LogP contribution is -2.17. The Morgan fingerprint density at radius 3 is 2.35 bits per heavy atom. The number of aromatic nitrogens is 2. The molecular formula is C22H22N2OS. The second-order valence-electron chi connectivity index (χ2n) is 6.77. The van der Waals surface area contributed by atoms with Gasteiger partial charge in [0.25, 0.3) is 0 Å². The Kier molecular flexibility index (Phi) is 4.60. The molecule has 0 bridgehead atoms. The van der Waals surface area contributed by atoms with Crippen LogP contribution in [0.2, 0.25) is 0 Å². The van der Waals surface area contributed by atoms with Crippen molar-refractivity contribution in [3.8, 4) is 22.8 Å². The van der Waals surface area contributed by atoms with Crippen molar-refractivity contribution in [2.24, 2.45) is 0 Å². The summed E-state index contributed by atoms with van der Waals surface area (Å²) in [5, 5.41) is 0. The van der Waals surface area contributed by atoms with Gasteiger partial charge >= 0.3 is 0 Å². The van der Waals surface area contributed by atoms with Crippen LogP contribution in [0.25, 0.3) is 17.1 Å². The van der Waals surface area contributed by atoms with Crippen molar-refractivity contribution in [3.05, 3.63) is 70.0 Å². The summed E-state index contributed by atoms with van der Waals surface area (Å²) in [7, 11) is 1.68. The first-order chi connectivity index (χ1) is 12.7. The summed E-state index contributed by atoms with van der Waals surface area (Å²) >= 11 is 5.66. The van der Waals surface area contributed by atoms with Gasteiger partial charge in [0.1, 0.15) is 16.2 Å². The molecule has 2 aromatic carbocycles. The number of nitrogens with zero attached hydrogens (tertiary/aromatic N) is 2. The molecule has 1 aromatic heterocycles. The van der Waals surface area contributed by atoms with Gasteiger partial charge in [0, 0.05) is 22.5 Å². The van der Waals surface area contributed by atoms with Crippen molar-refractivity contribution in [1.29, 1.82) is 0 Å². The summed E-state index contributed by atoms with van der Waals surface area (Å²) in [6.07, 6.45) is 4.45. The predicted octanol–water partition coefficient (Wildman–Crippen LogP) is 5.46. The highest BCUT2D eigenvalue weighted by Gasteiger charge is 2.20. The standard InChI is InChI=1S/C22H22N2OS/c1-15-7-11-17(12-8-15)24-20-6-4-3-5-19(20)22(26)23-21(24)16-9-13-18(25-2)14-10-16/h7-14H,3-6H2,1-2H3. The van der Waals surface area contributed by atoms with Crippen molar-refractivity contribution in [3.63, 3.8) is 0 Å². The Hall–Kier alpha value is -2.46. The quantitative estimate of drug-likeness (QED) is 0.579. The first-order valence-corrected chi connectivity index (χ1v) is 9.44. The van der Waals surface area contributed by atoms with Crippen molar-refractivity contribution in [2.45, 2.75) is 32.6 Å². The first kappa shape index (κ1) is 17.0. The number of aryl methyl sites for hydroxylation is 1. The Morgan fingerprint density at radius 1 is 0.962 bits per heavy atom. The fourth-order valence-corrected chi connectivity index (χ4v) is 3.92. The predicted molar refractivity (Wildman–Crippen MR) is 108 cm³/mol. The monoisotopic (exact) mass is 362 g/mol. The first-order valence-electron chi connectivity index (χ1n) is 9.03. The molecule has 0 fully saturated rings.